The van der Waals surface area contributed by atoms with E-state index in [0.717, 1.165) is 23.3 Å². The van der Waals surface area contributed by atoms with E-state index in [1.807, 2.05) is 6.92 Å². The Morgan fingerprint density at radius 2 is 2.00 bits per heavy atom. The first-order valence-corrected chi connectivity index (χ1v) is 9.36. The van der Waals surface area contributed by atoms with Crippen molar-refractivity contribution in [2.24, 2.45) is 0 Å². The lowest BCUT2D eigenvalue weighted by Crippen LogP contribution is -2.53. The Kier molecular flexibility index (Phi) is 4.85. The Balaban J connectivity index is 1.74. The van der Waals surface area contributed by atoms with Gasteiger partial charge in [-0.2, -0.15) is 0 Å². The second-order valence-electron chi connectivity index (χ2n) is 7.91. The second kappa shape index (κ2) is 7.02. The summed E-state index contributed by atoms with van der Waals surface area (Å²) < 4.78 is 33.6. The summed E-state index contributed by atoms with van der Waals surface area (Å²) in [6.45, 7) is 4.48. The highest BCUT2D eigenvalue weighted by atomic mass is 19.3. The number of halogens is 2. The summed E-state index contributed by atoms with van der Waals surface area (Å²) in [7, 11) is 0. The molecular weight excluding hydrogens is 398 g/mol. The molecule has 8 nitrogen and oxygen atoms in total. The first-order valence-electron chi connectivity index (χ1n) is 9.36. The third kappa shape index (κ3) is 3.07. The quantitative estimate of drug-likeness (QED) is 0.592. The molecule has 4 rings (SSSR count). The lowest BCUT2D eigenvalue weighted by atomic mass is 9.80. The zero-order valence-electron chi connectivity index (χ0n) is 16.6. The van der Waals surface area contributed by atoms with Gasteiger partial charge in [0.25, 0.3) is 6.43 Å². The number of aromatic nitrogens is 4. The van der Waals surface area contributed by atoms with Crippen molar-refractivity contribution in [1.29, 1.82) is 0 Å². The van der Waals surface area contributed by atoms with Gasteiger partial charge in [0.15, 0.2) is 6.23 Å². The Morgan fingerprint density at radius 3 is 2.70 bits per heavy atom. The molecular formula is C20H22F2N4O4. The lowest BCUT2D eigenvalue weighted by molar-refractivity contribution is -0.161. The van der Waals surface area contributed by atoms with Crippen LogP contribution in [0.25, 0.3) is 11.0 Å². The van der Waals surface area contributed by atoms with Crippen molar-refractivity contribution in [2.75, 3.05) is 0 Å². The largest absolute Gasteiger partial charge is 0.385 e. The first kappa shape index (κ1) is 20.7. The molecule has 30 heavy (non-hydrogen) atoms. The summed E-state index contributed by atoms with van der Waals surface area (Å²) in [5.74, 6) is 0. The van der Waals surface area contributed by atoms with Crippen LogP contribution in [0.4, 0.5) is 8.78 Å². The van der Waals surface area contributed by atoms with Crippen LogP contribution in [0, 0.1) is 6.92 Å². The van der Waals surface area contributed by atoms with Gasteiger partial charge in [0.1, 0.15) is 41.1 Å². The van der Waals surface area contributed by atoms with Gasteiger partial charge in [0, 0.05) is 17.8 Å². The molecule has 4 heterocycles. The Labute approximate surface area is 170 Å². The van der Waals surface area contributed by atoms with Gasteiger partial charge < -0.3 is 24.6 Å². The molecule has 0 aromatic carbocycles. The van der Waals surface area contributed by atoms with Crippen molar-refractivity contribution in [3.05, 3.63) is 53.9 Å². The molecule has 1 aliphatic rings. The molecule has 1 saturated heterocycles. The minimum Gasteiger partial charge on any atom is -0.385 e. The van der Waals surface area contributed by atoms with Crippen molar-refractivity contribution in [1.82, 2.24) is 19.5 Å². The summed E-state index contributed by atoms with van der Waals surface area (Å²) in [6, 6.07) is 4.19. The van der Waals surface area contributed by atoms with Gasteiger partial charge in [0.2, 0.25) is 0 Å². The normalized spacial score (nSPS) is 28.9. The SMILES string of the molecule is Cc1ncnc2c1ccn2[C@@H]1O[C@H]([C@@](C)(O)c2ccnc(C(F)F)c2)[C@@](C)(O)[C@H]1O. The number of aliphatic hydroxyl groups is 3. The number of pyridine rings is 1. The van der Waals surface area contributed by atoms with Gasteiger partial charge in [-0.15, -0.1) is 0 Å². The molecule has 0 aliphatic carbocycles. The molecule has 160 valence electrons. The zero-order valence-corrected chi connectivity index (χ0v) is 16.6. The molecule has 3 aromatic rings. The van der Waals surface area contributed by atoms with Crippen molar-refractivity contribution >= 4 is 11.0 Å². The minimum atomic E-state index is -2.82. The average molecular weight is 420 g/mol. The summed E-state index contributed by atoms with van der Waals surface area (Å²) in [5.41, 5.74) is -3.00. The van der Waals surface area contributed by atoms with Crippen molar-refractivity contribution in [3.8, 4) is 0 Å². The Hall–Kier alpha value is -2.53. The van der Waals surface area contributed by atoms with E-state index < -0.39 is 41.8 Å². The summed E-state index contributed by atoms with van der Waals surface area (Å²) in [5, 5.41) is 33.9. The fourth-order valence-electron chi connectivity index (χ4n) is 4.05. The maximum absolute atomic E-state index is 13.1. The van der Waals surface area contributed by atoms with Gasteiger partial charge in [-0.3, -0.25) is 4.98 Å². The highest BCUT2D eigenvalue weighted by Gasteiger charge is 2.59. The summed E-state index contributed by atoms with van der Waals surface area (Å²) in [4.78, 5) is 12.0. The Bertz CT molecular complexity index is 1090. The molecule has 0 radical (unpaired) electrons. The third-order valence-corrected chi connectivity index (χ3v) is 5.76. The van der Waals surface area contributed by atoms with Crippen LogP contribution in [-0.4, -0.2) is 52.6 Å². The van der Waals surface area contributed by atoms with Gasteiger partial charge in [0.05, 0.1) is 5.69 Å². The molecule has 3 aromatic heterocycles. The maximum atomic E-state index is 13.1. The molecule has 0 saturated carbocycles. The van der Waals surface area contributed by atoms with Gasteiger partial charge in [-0.25, -0.2) is 18.7 Å². The van der Waals surface area contributed by atoms with Crippen molar-refractivity contribution in [3.63, 3.8) is 0 Å². The van der Waals surface area contributed by atoms with Crippen molar-refractivity contribution < 1.29 is 28.8 Å². The van der Waals surface area contributed by atoms with E-state index in [4.69, 9.17) is 4.74 Å². The molecule has 0 unspecified atom stereocenters. The fourth-order valence-corrected chi connectivity index (χ4v) is 4.05. The number of ether oxygens (including phenoxy) is 1. The van der Waals surface area contributed by atoms with E-state index in [1.54, 1.807) is 16.8 Å². The molecule has 3 N–H and O–H groups in total. The minimum absolute atomic E-state index is 0.0847. The van der Waals surface area contributed by atoms with E-state index in [2.05, 4.69) is 15.0 Å². The molecule has 1 fully saturated rings. The van der Waals surface area contributed by atoms with E-state index in [9.17, 15) is 24.1 Å². The number of rotatable bonds is 4. The zero-order chi connectivity index (χ0) is 21.8. The molecule has 1 aliphatic heterocycles. The number of hydrogen-bond donors (Lipinski definition) is 3. The predicted octanol–water partition coefficient (Wildman–Crippen LogP) is 1.99. The lowest BCUT2D eigenvalue weighted by Gasteiger charge is -2.37. The number of alkyl halides is 2. The summed E-state index contributed by atoms with van der Waals surface area (Å²) >= 11 is 0. The van der Waals surface area contributed by atoms with Crippen LogP contribution < -0.4 is 0 Å². The molecule has 0 bridgehead atoms. The number of fused-ring (bicyclic) bond motifs is 1. The Morgan fingerprint density at radius 1 is 1.27 bits per heavy atom. The molecule has 10 heteroatoms. The maximum Gasteiger partial charge on any atom is 0.280 e. The molecule has 0 amide bonds. The van der Waals surface area contributed by atoms with Crippen LogP contribution in [-0.2, 0) is 10.3 Å². The van der Waals surface area contributed by atoms with E-state index in [1.165, 1.54) is 26.2 Å². The molecule has 0 spiro atoms. The van der Waals surface area contributed by atoms with E-state index in [0.29, 0.717) is 5.65 Å². The summed E-state index contributed by atoms with van der Waals surface area (Å²) in [6.07, 6.45) is -2.48. The number of hydrogen-bond acceptors (Lipinski definition) is 7. The highest BCUT2D eigenvalue weighted by Crippen LogP contribution is 2.46. The average Bonchev–Trinajstić information content (AvgIpc) is 3.22. The topological polar surface area (TPSA) is 114 Å². The fraction of sp³-hybridized carbons (Fsp3) is 0.450. The number of aliphatic hydroxyl groups excluding tert-OH is 1. The number of aryl methyl sites for hydroxylation is 1. The molecule has 5 atom stereocenters. The van der Waals surface area contributed by atoms with E-state index >= 15 is 0 Å². The monoisotopic (exact) mass is 420 g/mol. The highest BCUT2D eigenvalue weighted by molar-refractivity contribution is 5.78. The smallest absolute Gasteiger partial charge is 0.280 e. The van der Waals surface area contributed by atoms with Crippen LogP contribution in [0.5, 0.6) is 0 Å². The predicted molar refractivity (Wildman–Crippen MR) is 102 cm³/mol. The standard InChI is InChI=1S/C20H22F2N4O4/c1-10-12-5-7-26(16(12)25-9-24-10)17-14(27)20(3,29)18(30-17)19(2,28)11-4-6-23-13(8-11)15(21)22/h4-9,14-15,17-18,27-29H,1-3H3/t14-,17+,18+,19-,20-/m0/s1. The van der Waals surface area contributed by atoms with Crippen LogP contribution in [0.15, 0.2) is 36.9 Å². The van der Waals surface area contributed by atoms with Gasteiger partial charge >= 0.3 is 0 Å². The third-order valence-electron chi connectivity index (χ3n) is 5.76. The van der Waals surface area contributed by atoms with Crippen LogP contribution >= 0.6 is 0 Å². The second-order valence-corrected chi connectivity index (χ2v) is 7.91. The van der Waals surface area contributed by atoms with Crippen LogP contribution in [0.2, 0.25) is 0 Å². The van der Waals surface area contributed by atoms with Gasteiger partial charge in [-0.05, 0) is 44.5 Å². The van der Waals surface area contributed by atoms with Crippen molar-refractivity contribution in [2.45, 2.75) is 56.8 Å². The van der Waals surface area contributed by atoms with Gasteiger partial charge in [-0.1, -0.05) is 0 Å². The van der Waals surface area contributed by atoms with Crippen LogP contribution in [0.3, 0.4) is 0 Å². The van der Waals surface area contributed by atoms with E-state index in [-0.39, 0.29) is 5.56 Å². The first-order chi connectivity index (χ1) is 14.0. The van der Waals surface area contributed by atoms with Crippen LogP contribution in [0.1, 0.15) is 43.5 Å². The number of nitrogens with zero attached hydrogens (tertiary/aromatic N) is 4.